The number of rotatable bonds is 5. The molecule has 0 radical (unpaired) electrons. The van der Waals surface area contributed by atoms with Gasteiger partial charge in [0.2, 0.25) is 0 Å². The molecule has 0 aliphatic carbocycles. The number of halogens is 2. The first kappa shape index (κ1) is 19.4. The summed E-state index contributed by atoms with van der Waals surface area (Å²) in [6, 6.07) is 8.38. The first-order valence-corrected chi connectivity index (χ1v) is 7.23. The van der Waals surface area contributed by atoms with Gasteiger partial charge in [0.15, 0.2) is 11.7 Å². The van der Waals surface area contributed by atoms with Crippen LogP contribution in [0.1, 0.15) is 23.9 Å². The summed E-state index contributed by atoms with van der Waals surface area (Å²) >= 11 is 0. The molecular weight excluding hydrogens is 410 g/mol. The molecule has 2 rings (SSSR count). The molecule has 1 N–H and O–H groups in total. The summed E-state index contributed by atoms with van der Waals surface area (Å²) < 4.78 is 18.2. The van der Waals surface area contributed by atoms with Crippen molar-refractivity contribution in [3.8, 4) is 0 Å². The Hall–Kier alpha value is -1.64. The molecule has 2 aromatic rings. The zero-order chi connectivity index (χ0) is 15.9. The maximum absolute atomic E-state index is 12.9. The molecule has 0 bridgehead atoms. The number of aryl methyl sites for hydroxylation is 1. The van der Waals surface area contributed by atoms with Gasteiger partial charge in [-0.2, -0.15) is 0 Å². The topological polar surface area (TPSA) is 53.7 Å². The highest BCUT2D eigenvalue weighted by Gasteiger charge is 2.09. The molecule has 0 unspecified atom stereocenters. The molecule has 5 nitrogen and oxygen atoms in total. The van der Waals surface area contributed by atoms with E-state index in [1.807, 2.05) is 24.9 Å². The average Bonchev–Trinajstić information content (AvgIpc) is 2.98. The van der Waals surface area contributed by atoms with Crippen molar-refractivity contribution in [3.05, 3.63) is 53.2 Å². The van der Waals surface area contributed by atoms with Crippen LogP contribution in [0.2, 0.25) is 0 Å². The number of benzene rings is 1. The molecule has 23 heavy (non-hydrogen) atoms. The predicted molar refractivity (Wildman–Crippen MR) is 99.4 cm³/mol. The smallest absolute Gasteiger partial charge is 0.194 e. The minimum Gasteiger partial charge on any atom is -0.359 e. The number of nitrogens with zero attached hydrogens (tertiary/aromatic N) is 3. The molecule has 0 atom stereocenters. The lowest BCUT2D eigenvalue weighted by Crippen LogP contribution is -2.37. The number of hydrogen-bond acceptors (Lipinski definition) is 3. The van der Waals surface area contributed by atoms with E-state index in [0.717, 1.165) is 29.4 Å². The molecule has 0 aliphatic heterocycles. The van der Waals surface area contributed by atoms with E-state index in [-0.39, 0.29) is 29.8 Å². The fourth-order valence-corrected chi connectivity index (χ4v) is 2.10. The first-order chi connectivity index (χ1) is 10.6. The average molecular weight is 432 g/mol. The number of nitrogens with one attached hydrogen (secondary N) is 1. The summed E-state index contributed by atoms with van der Waals surface area (Å²) in [7, 11) is 3.65. The van der Waals surface area contributed by atoms with Gasteiger partial charge in [0.1, 0.15) is 5.82 Å². The summed E-state index contributed by atoms with van der Waals surface area (Å²) in [5, 5.41) is 7.18. The highest BCUT2D eigenvalue weighted by Crippen LogP contribution is 2.07. The maximum Gasteiger partial charge on any atom is 0.194 e. The number of aromatic nitrogens is 1. The van der Waals surface area contributed by atoms with Gasteiger partial charge in [0, 0.05) is 26.7 Å². The molecule has 0 spiro atoms. The SMILES string of the molecule is CCc1cc(CNC(=NC)N(C)Cc2ccc(F)cc2)on1.I. The van der Waals surface area contributed by atoms with Crippen LogP contribution in [0.25, 0.3) is 0 Å². The van der Waals surface area contributed by atoms with Gasteiger partial charge in [-0.15, -0.1) is 24.0 Å². The Morgan fingerprint density at radius 3 is 2.61 bits per heavy atom. The Morgan fingerprint density at radius 2 is 2.04 bits per heavy atom. The molecule has 1 aromatic carbocycles. The molecule has 0 fully saturated rings. The van der Waals surface area contributed by atoms with Gasteiger partial charge in [-0.1, -0.05) is 24.2 Å². The van der Waals surface area contributed by atoms with Crippen molar-refractivity contribution in [2.24, 2.45) is 4.99 Å². The second-order valence-corrected chi connectivity index (χ2v) is 5.02. The van der Waals surface area contributed by atoms with E-state index in [1.165, 1.54) is 12.1 Å². The molecule has 1 aromatic heterocycles. The van der Waals surface area contributed by atoms with Crippen molar-refractivity contribution >= 4 is 29.9 Å². The quantitative estimate of drug-likeness (QED) is 0.448. The van der Waals surface area contributed by atoms with E-state index in [0.29, 0.717) is 13.1 Å². The van der Waals surface area contributed by atoms with Gasteiger partial charge in [-0.25, -0.2) is 4.39 Å². The van der Waals surface area contributed by atoms with E-state index < -0.39 is 0 Å². The minimum atomic E-state index is -0.231. The second-order valence-electron chi connectivity index (χ2n) is 5.02. The maximum atomic E-state index is 12.9. The van der Waals surface area contributed by atoms with Crippen LogP contribution in [0, 0.1) is 5.82 Å². The van der Waals surface area contributed by atoms with Crippen LogP contribution in [0.5, 0.6) is 0 Å². The Balaban J connectivity index is 0.00000264. The second kappa shape index (κ2) is 9.49. The molecule has 126 valence electrons. The summed E-state index contributed by atoms with van der Waals surface area (Å²) in [4.78, 5) is 6.20. The zero-order valence-electron chi connectivity index (χ0n) is 13.5. The number of hydrogen-bond donors (Lipinski definition) is 1. The van der Waals surface area contributed by atoms with Crippen LogP contribution in [-0.4, -0.2) is 30.1 Å². The monoisotopic (exact) mass is 432 g/mol. The van der Waals surface area contributed by atoms with Gasteiger partial charge in [-0.05, 0) is 24.1 Å². The van der Waals surface area contributed by atoms with E-state index in [4.69, 9.17) is 4.52 Å². The Morgan fingerprint density at radius 1 is 1.35 bits per heavy atom. The summed E-state index contributed by atoms with van der Waals surface area (Å²) in [5.74, 6) is 1.28. The van der Waals surface area contributed by atoms with Crippen LogP contribution >= 0.6 is 24.0 Å². The molecule has 1 heterocycles. The van der Waals surface area contributed by atoms with Crippen molar-refractivity contribution < 1.29 is 8.91 Å². The van der Waals surface area contributed by atoms with Gasteiger partial charge in [0.05, 0.1) is 12.2 Å². The first-order valence-electron chi connectivity index (χ1n) is 7.23. The lowest BCUT2D eigenvalue weighted by Gasteiger charge is -2.21. The van der Waals surface area contributed by atoms with Crippen molar-refractivity contribution in [1.82, 2.24) is 15.4 Å². The molecule has 0 amide bonds. The lowest BCUT2D eigenvalue weighted by molar-refractivity contribution is 0.371. The van der Waals surface area contributed by atoms with E-state index in [9.17, 15) is 4.39 Å². The van der Waals surface area contributed by atoms with Crippen LogP contribution < -0.4 is 5.32 Å². The number of aliphatic imine (C=N–C) groups is 1. The predicted octanol–water partition coefficient (Wildman–Crippen LogP) is 3.20. The normalized spacial score (nSPS) is 11.0. The molecular formula is C16H22FIN4O. The van der Waals surface area contributed by atoms with Crippen molar-refractivity contribution in [2.75, 3.05) is 14.1 Å². The van der Waals surface area contributed by atoms with Crippen LogP contribution in [-0.2, 0) is 19.5 Å². The highest BCUT2D eigenvalue weighted by molar-refractivity contribution is 14.0. The van der Waals surface area contributed by atoms with Crippen molar-refractivity contribution in [2.45, 2.75) is 26.4 Å². The summed E-state index contributed by atoms with van der Waals surface area (Å²) in [6.45, 7) is 3.19. The highest BCUT2D eigenvalue weighted by atomic mass is 127. The summed E-state index contributed by atoms with van der Waals surface area (Å²) in [5.41, 5.74) is 1.95. The molecule has 7 heteroatoms. The number of guanidine groups is 1. The Bertz CT molecular complexity index is 627. The molecule has 0 saturated heterocycles. The van der Waals surface area contributed by atoms with Gasteiger partial charge < -0.3 is 14.7 Å². The third-order valence-corrected chi connectivity index (χ3v) is 3.30. The molecule has 0 saturated carbocycles. The van der Waals surface area contributed by atoms with E-state index >= 15 is 0 Å². The molecule has 0 aliphatic rings. The summed E-state index contributed by atoms with van der Waals surface area (Å²) in [6.07, 6.45) is 0.850. The van der Waals surface area contributed by atoms with E-state index in [1.54, 1.807) is 19.2 Å². The van der Waals surface area contributed by atoms with Crippen LogP contribution in [0.4, 0.5) is 4.39 Å². The van der Waals surface area contributed by atoms with Gasteiger partial charge in [-0.3, -0.25) is 4.99 Å². The minimum absolute atomic E-state index is 0. The van der Waals surface area contributed by atoms with Crippen molar-refractivity contribution in [3.63, 3.8) is 0 Å². The Kier molecular flexibility index (Phi) is 8.01. The zero-order valence-corrected chi connectivity index (χ0v) is 15.9. The third-order valence-electron chi connectivity index (χ3n) is 3.30. The van der Waals surface area contributed by atoms with Gasteiger partial charge in [0.25, 0.3) is 0 Å². The lowest BCUT2D eigenvalue weighted by atomic mass is 10.2. The van der Waals surface area contributed by atoms with Crippen molar-refractivity contribution in [1.29, 1.82) is 0 Å². The third kappa shape index (κ3) is 5.81. The largest absolute Gasteiger partial charge is 0.359 e. The fourth-order valence-electron chi connectivity index (χ4n) is 2.10. The fraction of sp³-hybridized carbons (Fsp3) is 0.375. The standard InChI is InChI=1S/C16H21FN4O.HI/c1-4-14-9-15(22-20-14)10-19-16(18-2)21(3)11-12-5-7-13(17)8-6-12;/h5-9H,4,10-11H2,1-3H3,(H,18,19);1H. The van der Waals surface area contributed by atoms with E-state index in [2.05, 4.69) is 15.5 Å². The van der Waals surface area contributed by atoms with Crippen LogP contribution in [0.3, 0.4) is 0 Å². The Labute approximate surface area is 153 Å². The van der Waals surface area contributed by atoms with Crippen LogP contribution in [0.15, 0.2) is 39.8 Å². The van der Waals surface area contributed by atoms with Gasteiger partial charge >= 0.3 is 0 Å².